The number of likely N-dealkylation sites (N-methyl/N-ethyl adjacent to an activating group) is 1. The van der Waals surface area contributed by atoms with E-state index in [0.29, 0.717) is 19.4 Å². The van der Waals surface area contributed by atoms with Crippen molar-refractivity contribution >= 4 is 15.7 Å². The lowest BCUT2D eigenvalue weighted by Crippen LogP contribution is -2.47. The maximum Gasteiger partial charge on any atom is 0.239 e. The second kappa shape index (κ2) is 5.79. The van der Waals surface area contributed by atoms with Crippen LogP contribution in [-0.4, -0.2) is 63.6 Å². The second-order valence-electron chi connectivity index (χ2n) is 4.39. The van der Waals surface area contributed by atoms with Crippen molar-refractivity contribution in [3.63, 3.8) is 0 Å². The molecule has 1 fully saturated rings. The van der Waals surface area contributed by atoms with Crippen molar-refractivity contribution in [2.45, 2.75) is 24.9 Å². The summed E-state index contributed by atoms with van der Waals surface area (Å²) in [6.45, 7) is 0.420. The molecule has 100 valence electrons. The van der Waals surface area contributed by atoms with Gasteiger partial charge in [-0.05, 0) is 12.8 Å². The first-order valence-electron chi connectivity index (χ1n) is 5.59. The Morgan fingerprint density at radius 3 is 2.71 bits per heavy atom. The van der Waals surface area contributed by atoms with E-state index in [1.165, 1.54) is 4.90 Å². The molecule has 0 aromatic heterocycles. The van der Waals surface area contributed by atoms with Gasteiger partial charge in [0.1, 0.15) is 0 Å². The molecule has 17 heavy (non-hydrogen) atoms. The number of ether oxygens (including phenoxy) is 1. The molecule has 2 N–H and O–H groups in total. The van der Waals surface area contributed by atoms with Crippen molar-refractivity contribution in [3.8, 4) is 0 Å². The molecule has 1 amide bonds. The Balaban J connectivity index is 2.52. The van der Waals surface area contributed by atoms with Gasteiger partial charge in [0.05, 0.1) is 17.5 Å². The van der Waals surface area contributed by atoms with Crippen LogP contribution in [-0.2, 0) is 19.4 Å². The van der Waals surface area contributed by atoms with E-state index in [-0.39, 0.29) is 23.5 Å². The maximum atomic E-state index is 11.9. The molecular formula is C10H20N2O4S. The molecule has 7 heteroatoms. The number of amides is 1. The molecule has 1 saturated heterocycles. The topological polar surface area (TPSA) is 89.7 Å². The highest BCUT2D eigenvalue weighted by molar-refractivity contribution is 7.91. The van der Waals surface area contributed by atoms with Gasteiger partial charge < -0.3 is 15.4 Å². The van der Waals surface area contributed by atoms with E-state index in [1.807, 2.05) is 0 Å². The quantitative estimate of drug-likeness (QED) is 0.687. The zero-order valence-corrected chi connectivity index (χ0v) is 11.1. The molecule has 0 aromatic rings. The van der Waals surface area contributed by atoms with Gasteiger partial charge in [0.2, 0.25) is 5.91 Å². The second-order valence-corrected chi connectivity index (χ2v) is 6.62. The van der Waals surface area contributed by atoms with Gasteiger partial charge in [0.25, 0.3) is 0 Å². The van der Waals surface area contributed by atoms with Crippen LogP contribution in [0.2, 0.25) is 0 Å². The monoisotopic (exact) mass is 264 g/mol. The van der Waals surface area contributed by atoms with E-state index in [9.17, 15) is 13.2 Å². The van der Waals surface area contributed by atoms with Gasteiger partial charge >= 0.3 is 0 Å². The minimum Gasteiger partial charge on any atom is -0.385 e. The van der Waals surface area contributed by atoms with Gasteiger partial charge in [-0.1, -0.05) is 0 Å². The SMILES string of the molecule is COCCC(N)C(=O)N(C)C1CCS(=O)(=O)C1. The molecule has 1 aliphatic rings. The minimum atomic E-state index is -2.98. The molecule has 0 spiro atoms. The summed E-state index contributed by atoms with van der Waals surface area (Å²) in [7, 11) is 0.182. The summed E-state index contributed by atoms with van der Waals surface area (Å²) in [5, 5.41) is 0. The fraction of sp³-hybridized carbons (Fsp3) is 0.900. The van der Waals surface area contributed by atoms with Crippen LogP contribution in [0.5, 0.6) is 0 Å². The lowest BCUT2D eigenvalue weighted by molar-refractivity contribution is -0.133. The Kier molecular flexibility index (Phi) is 4.91. The van der Waals surface area contributed by atoms with Crippen LogP contribution in [0.4, 0.5) is 0 Å². The van der Waals surface area contributed by atoms with E-state index in [2.05, 4.69) is 0 Å². The number of rotatable bonds is 5. The first-order chi connectivity index (χ1) is 7.87. The van der Waals surface area contributed by atoms with Crippen LogP contribution in [0, 0.1) is 0 Å². The first kappa shape index (κ1) is 14.4. The molecule has 0 bridgehead atoms. The lowest BCUT2D eigenvalue weighted by atomic mass is 10.1. The fourth-order valence-electron chi connectivity index (χ4n) is 1.89. The minimum absolute atomic E-state index is 0.0479. The Labute approximate surface area is 102 Å². The molecule has 2 atom stereocenters. The Morgan fingerprint density at radius 2 is 2.24 bits per heavy atom. The average molecular weight is 264 g/mol. The van der Waals surface area contributed by atoms with Crippen molar-refractivity contribution in [1.82, 2.24) is 4.90 Å². The van der Waals surface area contributed by atoms with Gasteiger partial charge in [-0.3, -0.25) is 4.79 Å². The van der Waals surface area contributed by atoms with Crippen molar-refractivity contribution in [3.05, 3.63) is 0 Å². The lowest BCUT2D eigenvalue weighted by Gasteiger charge is -2.26. The van der Waals surface area contributed by atoms with Crippen molar-refractivity contribution in [1.29, 1.82) is 0 Å². The smallest absolute Gasteiger partial charge is 0.239 e. The van der Waals surface area contributed by atoms with E-state index in [4.69, 9.17) is 10.5 Å². The summed E-state index contributed by atoms with van der Waals surface area (Å²) in [5.74, 6) is -0.0152. The molecule has 0 saturated carbocycles. The summed E-state index contributed by atoms with van der Waals surface area (Å²) >= 11 is 0. The summed E-state index contributed by atoms with van der Waals surface area (Å²) in [6, 6.07) is -0.857. The molecule has 1 heterocycles. The summed E-state index contributed by atoms with van der Waals surface area (Å²) in [5.41, 5.74) is 5.72. The van der Waals surface area contributed by atoms with Gasteiger partial charge in [-0.15, -0.1) is 0 Å². The highest BCUT2D eigenvalue weighted by Crippen LogP contribution is 2.17. The van der Waals surface area contributed by atoms with Gasteiger partial charge in [0, 0.05) is 26.8 Å². The van der Waals surface area contributed by atoms with Gasteiger partial charge in [0.15, 0.2) is 9.84 Å². The maximum absolute atomic E-state index is 11.9. The average Bonchev–Trinajstić information content (AvgIpc) is 2.64. The first-order valence-corrected chi connectivity index (χ1v) is 7.41. The van der Waals surface area contributed by atoms with Crippen LogP contribution < -0.4 is 5.73 Å². The predicted molar refractivity (Wildman–Crippen MR) is 64.3 cm³/mol. The number of hydrogen-bond donors (Lipinski definition) is 1. The van der Waals surface area contributed by atoms with Crippen molar-refractivity contribution in [2.24, 2.45) is 5.73 Å². The molecule has 0 radical (unpaired) electrons. The van der Waals surface area contributed by atoms with Crippen LogP contribution in [0.25, 0.3) is 0 Å². The number of hydrogen-bond acceptors (Lipinski definition) is 5. The Hall–Kier alpha value is -0.660. The third-order valence-electron chi connectivity index (χ3n) is 3.05. The molecule has 2 unspecified atom stereocenters. The fourth-order valence-corrected chi connectivity index (χ4v) is 3.67. The molecular weight excluding hydrogens is 244 g/mol. The third-order valence-corrected chi connectivity index (χ3v) is 4.80. The predicted octanol–water partition coefficient (Wildman–Crippen LogP) is -1.00. The normalized spacial score (nSPS) is 24.5. The Bertz CT molecular complexity index is 369. The van der Waals surface area contributed by atoms with Crippen molar-refractivity contribution in [2.75, 3.05) is 32.3 Å². The third kappa shape index (κ3) is 3.93. The molecule has 0 aliphatic carbocycles. The number of nitrogens with two attached hydrogens (primary N) is 1. The van der Waals surface area contributed by atoms with Gasteiger partial charge in [-0.25, -0.2) is 8.42 Å². The number of carbonyl (C=O) groups is 1. The molecule has 6 nitrogen and oxygen atoms in total. The summed E-state index contributed by atoms with van der Waals surface area (Å²) in [4.78, 5) is 13.4. The van der Waals surface area contributed by atoms with Gasteiger partial charge in [-0.2, -0.15) is 0 Å². The van der Waals surface area contributed by atoms with Crippen LogP contribution in [0.1, 0.15) is 12.8 Å². The van der Waals surface area contributed by atoms with E-state index in [0.717, 1.165) is 0 Å². The Morgan fingerprint density at radius 1 is 1.59 bits per heavy atom. The number of sulfone groups is 1. The highest BCUT2D eigenvalue weighted by Gasteiger charge is 2.33. The van der Waals surface area contributed by atoms with Crippen LogP contribution >= 0.6 is 0 Å². The number of carbonyl (C=O) groups excluding carboxylic acids is 1. The van der Waals surface area contributed by atoms with Crippen molar-refractivity contribution < 1.29 is 17.9 Å². The van der Waals surface area contributed by atoms with E-state index in [1.54, 1.807) is 14.2 Å². The summed E-state index contributed by atoms with van der Waals surface area (Å²) < 4.78 is 27.5. The molecule has 1 rings (SSSR count). The van der Waals surface area contributed by atoms with E-state index >= 15 is 0 Å². The summed E-state index contributed by atoms with van der Waals surface area (Å²) in [6.07, 6.45) is 0.945. The van der Waals surface area contributed by atoms with Crippen LogP contribution in [0.15, 0.2) is 0 Å². The molecule has 0 aromatic carbocycles. The highest BCUT2D eigenvalue weighted by atomic mass is 32.2. The zero-order valence-electron chi connectivity index (χ0n) is 10.3. The zero-order chi connectivity index (χ0) is 13.1. The number of methoxy groups -OCH3 is 1. The largest absolute Gasteiger partial charge is 0.385 e. The van der Waals surface area contributed by atoms with E-state index < -0.39 is 15.9 Å². The number of nitrogens with zero attached hydrogens (tertiary/aromatic N) is 1. The molecule has 1 aliphatic heterocycles. The standard InChI is InChI=1S/C10H20N2O4S/c1-12(8-4-6-17(14,15)7-8)10(13)9(11)3-5-16-2/h8-9H,3-7,11H2,1-2H3. The van der Waals surface area contributed by atoms with Crippen LogP contribution in [0.3, 0.4) is 0 Å².